The van der Waals surface area contributed by atoms with Gasteiger partial charge in [-0.2, -0.15) is 5.26 Å². The van der Waals surface area contributed by atoms with Gasteiger partial charge in [-0.15, -0.1) is 0 Å². The van der Waals surface area contributed by atoms with Crippen LogP contribution in [0.25, 0.3) is 0 Å². The normalized spacial score (nSPS) is 9.68. The monoisotopic (exact) mass is 251 g/mol. The van der Waals surface area contributed by atoms with E-state index >= 15 is 0 Å². The number of hydrogen-bond acceptors (Lipinski definition) is 3. The first-order valence-corrected chi connectivity index (χ1v) is 5.99. The van der Waals surface area contributed by atoms with Crippen LogP contribution in [0.2, 0.25) is 0 Å². The number of nitrogens with zero attached hydrogens (tertiary/aromatic N) is 3. The van der Waals surface area contributed by atoms with Gasteiger partial charge < -0.3 is 4.90 Å². The molecule has 0 unspecified atom stereocenters. The highest BCUT2D eigenvalue weighted by Crippen LogP contribution is 2.16. The van der Waals surface area contributed by atoms with Crippen LogP contribution in [0, 0.1) is 11.3 Å². The van der Waals surface area contributed by atoms with E-state index in [2.05, 4.69) is 4.98 Å². The van der Waals surface area contributed by atoms with Gasteiger partial charge in [-0.1, -0.05) is 18.2 Å². The average molecular weight is 251 g/mol. The van der Waals surface area contributed by atoms with E-state index in [1.807, 2.05) is 43.3 Å². The molecule has 0 bridgehead atoms. The van der Waals surface area contributed by atoms with E-state index in [0.29, 0.717) is 12.1 Å². The third-order valence-electron chi connectivity index (χ3n) is 2.74. The van der Waals surface area contributed by atoms with Crippen molar-refractivity contribution in [3.8, 4) is 6.07 Å². The summed E-state index contributed by atoms with van der Waals surface area (Å²) in [5.74, 6) is -0.203. The number of para-hydroxylation sites is 1. The third-order valence-corrected chi connectivity index (χ3v) is 2.74. The van der Waals surface area contributed by atoms with Crippen molar-refractivity contribution in [2.45, 2.75) is 6.92 Å². The number of hydrogen-bond donors (Lipinski definition) is 0. The first-order valence-electron chi connectivity index (χ1n) is 5.99. The number of rotatable bonds is 3. The molecular formula is C15H13N3O. The van der Waals surface area contributed by atoms with Gasteiger partial charge in [-0.3, -0.25) is 9.78 Å². The largest absolute Gasteiger partial charge is 0.307 e. The van der Waals surface area contributed by atoms with Crippen LogP contribution in [0.15, 0.2) is 48.7 Å². The van der Waals surface area contributed by atoms with Gasteiger partial charge in [0.15, 0.2) is 0 Å². The number of aromatic nitrogens is 1. The Kier molecular flexibility index (Phi) is 3.89. The maximum atomic E-state index is 12.4. The Balaban J connectivity index is 2.34. The molecule has 0 saturated carbocycles. The molecule has 0 atom stereocenters. The lowest BCUT2D eigenvalue weighted by Gasteiger charge is -2.20. The maximum Gasteiger partial charge on any atom is 0.276 e. The molecule has 2 rings (SSSR count). The van der Waals surface area contributed by atoms with Crippen molar-refractivity contribution < 1.29 is 4.79 Å². The summed E-state index contributed by atoms with van der Waals surface area (Å²) in [6, 6.07) is 14.5. The average Bonchev–Trinajstić information content (AvgIpc) is 2.49. The molecule has 0 aliphatic carbocycles. The smallest absolute Gasteiger partial charge is 0.276 e. The fourth-order valence-electron chi connectivity index (χ4n) is 1.81. The second-order valence-corrected chi connectivity index (χ2v) is 3.93. The molecule has 4 heteroatoms. The van der Waals surface area contributed by atoms with E-state index < -0.39 is 0 Å². The van der Waals surface area contributed by atoms with Crippen molar-refractivity contribution in [3.05, 3.63) is 59.9 Å². The number of nitriles is 1. The number of amides is 1. The van der Waals surface area contributed by atoms with Gasteiger partial charge in [0.25, 0.3) is 5.91 Å². The van der Waals surface area contributed by atoms with Gasteiger partial charge in [-0.25, -0.2) is 0 Å². The molecule has 0 aliphatic heterocycles. The van der Waals surface area contributed by atoms with Crippen molar-refractivity contribution in [2.24, 2.45) is 0 Å². The second-order valence-electron chi connectivity index (χ2n) is 3.93. The molecule has 1 heterocycles. The highest BCUT2D eigenvalue weighted by Gasteiger charge is 2.17. The highest BCUT2D eigenvalue weighted by molar-refractivity contribution is 6.04. The molecule has 19 heavy (non-hydrogen) atoms. The molecule has 0 spiro atoms. The molecule has 4 nitrogen and oxygen atoms in total. The Morgan fingerprint density at radius 1 is 1.32 bits per heavy atom. The summed E-state index contributed by atoms with van der Waals surface area (Å²) in [5, 5.41) is 8.85. The minimum Gasteiger partial charge on any atom is -0.307 e. The van der Waals surface area contributed by atoms with Gasteiger partial charge in [0.2, 0.25) is 0 Å². The van der Waals surface area contributed by atoms with E-state index in [0.717, 1.165) is 5.69 Å². The van der Waals surface area contributed by atoms with Crippen molar-refractivity contribution in [1.29, 1.82) is 5.26 Å². The van der Waals surface area contributed by atoms with Crippen LogP contribution < -0.4 is 4.90 Å². The Morgan fingerprint density at radius 2 is 2.05 bits per heavy atom. The van der Waals surface area contributed by atoms with Crippen molar-refractivity contribution in [3.63, 3.8) is 0 Å². The van der Waals surface area contributed by atoms with Gasteiger partial charge in [0.05, 0.1) is 11.6 Å². The van der Waals surface area contributed by atoms with Gasteiger partial charge in [0.1, 0.15) is 5.69 Å². The standard InChI is InChI=1S/C15H13N3O/c1-2-18(13-6-4-3-5-7-13)15(19)14-10-12(11-16)8-9-17-14/h3-10H,2H2,1H3. The van der Waals surface area contributed by atoms with E-state index in [9.17, 15) is 4.79 Å². The first-order chi connectivity index (χ1) is 9.26. The number of pyridine rings is 1. The predicted octanol–water partition coefficient (Wildman–Crippen LogP) is 2.62. The van der Waals surface area contributed by atoms with Crippen molar-refractivity contribution in [2.75, 3.05) is 11.4 Å². The van der Waals surface area contributed by atoms with Crippen molar-refractivity contribution in [1.82, 2.24) is 4.98 Å². The zero-order chi connectivity index (χ0) is 13.7. The van der Waals surface area contributed by atoms with Crippen molar-refractivity contribution >= 4 is 11.6 Å². The molecule has 2 aromatic rings. The molecule has 1 amide bonds. The topological polar surface area (TPSA) is 57.0 Å². The molecule has 0 fully saturated rings. The SMILES string of the molecule is CCN(C(=O)c1cc(C#N)ccn1)c1ccccc1. The van der Waals surface area contributed by atoms with E-state index in [1.165, 1.54) is 12.3 Å². The first kappa shape index (κ1) is 12.8. The van der Waals surface area contributed by atoms with Crippen LogP contribution >= 0.6 is 0 Å². The van der Waals surface area contributed by atoms with Crippen LogP contribution in [0.4, 0.5) is 5.69 Å². The number of carbonyl (C=O) groups is 1. The molecule has 0 N–H and O–H groups in total. The van der Waals surface area contributed by atoms with E-state index in [1.54, 1.807) is 11.0 Å². The lowest BCUT2D eigenvalue weighted by atomic mass is 10.2. The molecule has 1 aromatic heterocycles. The lowest BCUT2D eigenvalue weighted by molar-refractivity contribution is 0.0983. The highest BCUT2D eigenvalue weighted by atomic mass is 16.2. The van der Waals surface area contributed by atoms with E-state index in [4.69, 9.17) is 5.26 Å². The maximum absolute atomic E-state index is 12.4. The molecule has 1 aromatic carbocycles. The fourth-order valence-corrected chi connectivity index (χ4v) is 1.81. The molecule has 0 aliphatic rings. The Hall–Kier alpha value is -2.67. The summed E-state index contributed by atoms with van der Waals surface area (Å²) < 4.78 is 0. The van der Waals surface area contributed by atoms with Gasteiger partial charge in [0, 0.05) is 18.4 Å². The lowest BCUT2D eigenvalue weighted by Crippen LogP contribution is -2.31. The zero-order valence-corrected chi connectivity index (χ0v) is 10.6. The van der Waals surface area contributed by atoms with Crippen LogP contribution in [-0.4, -0.2) is 17.4 Å². The molecular weight excluding hydrogens is 238 g/mol. The summed E-state index contributed by atoms with van der Waals surface area (Å²) in [7, 11) is 0. The number of carbonyl (C=O) groups excluding carboxylic acids is 1. The van der Waals surface area contributed by atoms with Crippen LogP contribution in [0.3, 0.4) is 0 Å². The zero-order valence-electron chi connectivity index (χ0n) is 10.6. The minimum atomic E-state index is -0.203. The number of anilines is 1. The van der Waals surface area contributed by atoms with Gasteiger partial charge >= 0.3 is 0 Å². The minimum absolute atomic E-state index is 0.203. The van der Waals surface area contributed by atoms with Crippen LogP contribution in [0.5, 0.6) is 0 Å². The predicted molar refractivity (Wildman–Crippen MR) is 72.7 cm³/mol. The summed E-state index contributed by atoms with van der Waals surface area (Å²) in [6.45, 7) is 2.44. The summed E-state index contributed by atoms with van der Waals surface area (Å²) in [5.41, 5.74) is 1.53. The Morgan fingerprint density at radius 3 is 2.68 bits per heavy atom. The Bertz CT molecular complexity index is 617. The molecule has 0 saturated heterocycles. The van der Waals surface area contributed by atoms with Gasteiger partial charge in [-0.05, 0) is 31.2 Å². The van der Waals surface area contributed by atoms with Crippen LogP contribution in [-0.2, 0) is 0 Å². The fraction of sp³-hybridized carbons (Fsp3) is 0.133. The van der Waals surface area contributed by atoms with E-state index in [-0.39, 0.29) is 11.6 Å². The Labute approximate surface area is 111 Å². The summed E-state index contributed by atoms with van der Waals surface area (Å²) in [4.78, 5) is 18.1. The second kappa shape index (κ2) is 5.78. The molecule has 0 radical (unpaired) electrons. The number of benzene rings is 1. The molecule has 94 valence electrons. The third kappa shape index (κ3) is 2.78. The quantitative estimate of drug-likeness (QED) is 0.842. The summed E-state index contributed by atoms with van der Waals surface area (Å²) >= 11 is 0. The van der Waals surface area contributed by atoms with Crippen LogP contribution in [0.1, 0.15) is 23.0 Å². The summed E-state index contributed by atoms with van der Waals surface area (Å²) in [6.07, 6.45) is 1.48.